The van der Waals surface area contributed by atoms with Gasteiger partial charge in [-0.25, -0.2) is 0 Å². The van der Waals surface area contributed by atoms with E-state index in [1.807, 2.05) is 0 Å². The second-order valence-electron chi connectivity index (χ2n) is 8.52. The Morgan fingerprint density at radius 3 is 1.42 bits per heavy atom. The lowest BCUT2D eigenvalue weighted by atomic mass is 9.64. The first-order chi connectivity index (χ1) is 15.3. The summed E-state index contributed by atoms with van der Waals surface area (Å²) < 4.78 is 11.9. The lowest BCUT2D eigenvalue weighted by Crippen LogP contribution is -2.27. The van der Waals surface area contributed by atoms with E-state index in [1.54, 1.807) is 0 Å². The van der Waals surface area contributed by atoms with Crippen LogP contribution in [0.25, 0.3) is 0 Å². The van der Waals surface area contributed by atoms with Crippen LogP contribution in [0.3, 0.4) is 0 Å². The topological polar surface area (TPSA) is 18.5 Å². The molecule has 2 aromatic carbocycles. The normalized spacial score (nSPS) is 10.8. The molecule has 2 rings (SSSR count). The predicted molar refractivity (Wildman–Crippen MR) is 136 cm³/mol. The number of hydrogen-bond donors (Lipinski definition) is 0. The molecule has 0 N–H and O–H groups in total. The summed E-state index contributed by atoms with van der Waals surface area (Å²) in [6.45, 7) is 6.12. The van der Waals surface area contributed by atoms with E-state index in [1.165, 1.54) is 64.2 Å². The molecule has 1 radical (unpaired) electrons. The highest BCUT2D eigenvalue weighted by atomic mass is 16.5. The van der Waals surface area contributed by atoms with Crippen LogP contribution in [-0.2, 0) is 0 Å². The third-order valence-corrected chi connectivity index (χ3v) is 5.58. The van der Waals surface area contributed by atoms with Crippen LogP contribution in [0, 0.1) is 0 Å². The fourth-order valence-corrected chi connectivity index (χ4v) is 3.73. The molecule has 2 aromatic rings. The average molecular weight is 421 g/mol. The Hall–Kier alpha value is -1.90. The molecule has 169 valence electrons. The molecule has 0 aliphatic heterocycles. The van der Waals surface area contributed by atoms with Crippen molar-refractivity contribution in [1.82, 2.24) is 0 Å². The quantitative estimate of drug-likeness (QED) is 0.194. The maximum atomic E-state index is 5.97. The van der Waals surface area contributed by atoms with Gasteiger partial charge in [0.25, 0.3) is 0 Å². The van der Waals surface area contributed by atoms with E-state index in [0.717, 1.165) is 48.5 Å². The van der Waals surface area contributed by atoms with Crippen LogP contribution in [0.1, 0.15) is 90.9 Å². The summed E-state index contributed by atoms with van der Waals surface area (Å²) in [6, 6.07) is 16.7. The minimum Gasteiger partial charge on any atom is -0.494 e. The van der Waals surface area contributed by atoms with Crippen LogP contribution in [-0.4, -0.2) is 20.5 Å². The highest BCUT2D eigenvalue weighted by Crippen LogP contribution is 2.12. The van der Waals surface area contributed by atoms with Crippen molar-refractivity contribution >= 4 is 18.2 Å². The third-order valence-electron chi connectivity index (χ3n) is 5.58. The Morgan fingerprint density at radius 1 is 0.548 bits per heavy atom. The molecule has 0 atom stereocenters. The standard InChI is InChI=1S/C28H42BO2/c1-3-5-7-9-11-13-21-30-27-19-15-17-25(23-27)29-26-18-16-20-28(24-26)31-22-14-12-10-8-6-4-2/h15-20,23-24H,3-14,21-22H2,1-2H3. The SMILES string of the molecule is CCCCCCCCOc1cccc([B]c2cccc(OCCCCCCCC)c2)c1. The second kappa shape index (κ2) is 16.8. The van der Waals surface area contributed by atoms with E-state index >= 15 is 0 Å². The molecule has 0 aromatic heterocycles. The van der Waals surface area contributed by atoms with Crippen LogP contribution in [0.2, 0.25) is 0 Å². The van der Waals surface area contributed by atoms with Crippen molar-refractivity contribution in [3.8, 4) is 11.5 Å². The molecule has 0 heterocycles. The summed E-state index contributed by atoms with van der Waals surface area (Å²) in [5, 5.41) is 0. The van der Waals surface area contributed by atoms with Gasteiger partial charge in [-0.05, 0) is 37.1 Å². The van der Waals surface area contributed by atoms with Gasteiger partial charge in [0.1, 0.15) is 11.5 Å². The third kappa shape index (κ3) is 11.9. The molecule has 0 fully saturated rings. The van der Waals surface area contributed by atoms with Crippen LogP contribution < -0.4 is 20.4 Å². The van der Waals surface area contributed by atoms with Crippen molar-refractivity contribution in [2.75, 3.05) is 13.2 Å². The first-order valence-electron chi connectivity index (χ1n) is 12.6. The molecule has 0 aliphatic carbocycles. The van der Waals surface area contributed by atoms with Crippen molar-refractivity contribution in [3.63, 3.8) is 0 Å². The van der Waals surface area contributed by atoms with Gasteiger partial charge in [-0.1, -0.05) is 113 Å². The summed E-state index contributed by atoms with van der Waals surface area (Å²) in [7, 11) is 2.19. The molecule has 0 unspecified atom stereocenters. The molecule has 0 amide bonds. The van der Waals surface area contributed by atoms with Gasteiger partial charge in [-0.2, -0.15) is 0 Å². The molecule has 0 saturated carbocycles. The number of benzene rings is 2. The Bertz CT molecular complexity index is 641. The van der Waals surface area contributed by atoms with Crippen molar-refractivity contribution < 1.29 is 9.47 Å². The molecular weight excluding hydrogens is 379 g/mol. The van der Waals surface area contributed by atoms with Gasteiger partial charge in [-0.3, -0.25) is 0 Å². The van der Waals surface area contributed by atoms with Crippen LogP contribution in [0.4, 0.5) is 0 Å². The number of unbranched alkanes of at least 4 members (excludes halogenated alkanes) is 10. The molecule has 31 heavy (non-hydrogen) atoms. The Kier molecular flexibility index (Phi) is 13.7. The Labute approximate surface area is 192 Å². The van der Waals surface area contributed by atoms with Crippen molar-refractivity contribution in [1.29, 1.82) is 0 Å². The molecular formula is C28H42BO2. The van der Waals surface area contributed by atoms with E-state index < -0.39 is 0 Å². The van der Waals surface area contributed by atoms with Crippen molar-refractivity contribution in [2.24, 2.45) is 0 Å². The first-order valence-corrected chi connectivity index (χ1v) is 12.6. The van der Waals surface area contributed by atoms with Gasteiger partial charge in [0.2, 0.25) is 0 Å². The van der Waals surface area contributed by atoms with Crippen molar-refractivity contribution in [2.45, 2.75) is 90.9 Å². The molecule has 0 bridgehead atoms. The van der Waals surface area contributed by atoms with Crippen LogP contribution in [0.5, 0.6) is 11.5 Å². The van der Waals surface area contributed by atoms with Gasteiger partial charge >= 0.3 is 0 Å². The monoisotopic (exact) mass is 421 g/mol. The zero-order chi connectivity index (χ0) is 22.0. The number of rotatable bonds is 18. The average Bonchev–Trinajstić information content (AvgIpc) is 2.78. The summed E-state index contributed by atoms with van der Waals surface area (Å²) in [5.74, 6) is 1.91. The molecule has 0 saturated heterocycles. The molecule has 0 aliphatic rings. The summed E-state index contributed by atoms with van der Waals surface area (Å²) >= 11 is 0. The smallest absolute Gasteiger partial charge is 0.191 e. The lowest BCUT2D eigenvalue weighted by Gasteiger charge is -2.10. The maximum absolute atomic E-state index is 5.97. The van der Waals surface area contributed by atoms with Gasteiger partial charge in [0.15, 0.2) is 7.28 Å². The lowest BCUT2D eigenvalue weighted by molar-refractivity contribution is 0.304. The Morgan fingerprint density at radius 2 is 0.968 bits per heavy atom. The minimum absolute atomic E-state index is 0.803. The fraction of sp³-hybridized carbons (Fsp3) is 0.571. The van der Waals surface area contributed by atoms with E-state index in [0.29, 0.717) is 0 Å². The van der Waals surface area contributed by atoms with Gasteiger partial charge in [0, 0.05) is 0 Å². The summed E-state index contributed by atoms with van der Waals surface area (Å²) in [6.07, 6.45) is 15.4. The second-order valence-corrected chi connectivity index (χ2v) is 8.52. The van der Waals surface area contributed by atoms with Crippen LogP contribution >= 0.6 is 0 Å². The highest BCUT2D eigenvalue weighted by molar-refractivity contribution is 6.67. The summed E-state index contributed by atoms with van der Waals surface area (Å²) in [5.41, 5.74) is 2.32. The number of hydrogen-bond acceptors (Lipinski definition) is 2. The van der Waals surface area contributed by atoms with E-state index in [9.17, 15) is 0 Å². The Balaban J connectivity index is 1.71. The molecule has 0 spiro atoms. The zero-order valence-corrected chi connectivity index (χ0v) is 19.9. The van der Waals surface area contributed by atoms with Gasteiger partial charge in [0.05, 0.1) is 13.2 Å². The maximum Gasteiger partial charge on any atom is 0.191 e. The first kappa shape index (κ1) is 25.4. The van der Waals surface area contributed by atoms with E-state index in [4.69, 9.17) is 9.47 Å². The molecule has 3 heteroatoms. The zero-order valence-electron chi connectivity index (χ0n) is 19.9. The molecule has 2 nitrogen and oxygen atoms in total. The van der Waals surface area contributed by atoms with Gasteiger partial charge < -0.3 is 9.47 Å². The number of ether oxygens (including phenoxy) is 2. The van der Waals surface area contributed by atoms with Gasteiger partial charge in [-0.15, -0.1) is 0 Å². The largest absolute Gasteiger partial charge is 0.494 e. The minimum atomic E-state index is 0.803. The highest BCUT2D eigenvalue weighted by Gasteiger charge is 2.04. The van der Waals surface area contributed by atoms with E-state index in [2.05, 4.69) is 69.7 Å². The fourth-order valence-electron chi connectivity index (χ4n) is 3.73. The predicted octanol–water partition coefficient (Wildman–Crippen LogP) is 6.82. The summed E-state index contributed by atoms with van der Waals surface area (Å²) in [4.78, 5) is 0. The van der Waals surface area contributed by atoms with Crippen molar-refractivity contribution in [3.05, 3.63) is 48.5 Å². The van der Waals surface area contributed by atoms with Crippen LogP contribution in [0.15, 0.2) is 48.5 Å². The van der Waals surface area contributed by atoms with E-state index in [-0.39, 0.29) is 0 Å².